The Labute approximate surface area is 217 Å². The fraction of sp³-hybridized carbons (Fsp3) is 0.462. The number of anilines is 2. The van der Waals surface area contributed by atoms with Crippen molar-refractivity contribution in [3.05, 3.63) is 51.9 Å². The number of likely N-dealkylation sites (N-methyl/N-ethyl adjacent to an activating group) is 1. The molecule has 12 heteroatoms. The minimum atomic E-state index is -4.52. The van der Waals surface area contributed by atoms with E-state index in [1.165, 1.54) is 12.3 Å². The molecule has 1 aliphatic rings. The second-order valence-corrected chi connectivity index (χ2v) is 9.93. The van der Waals surface area contributed by atoms with Crippen LogP contribution in [0.4, 0.5) is 24.7 Å². The summed E-state index contributed by atoms with van der Waals surface area (Å²) >= 11 is 0. The van der Waals surface area contributed by atoms with Gasteiger partial charge in [0.2, 0.25) is 0 Å². The minimum absolute atomic E-state index is 0.0676. The average molecular weight is 530 g/mol. The standard InChI is InChI=1S/C26H30F3N7O2/c1-16-14-18(6-7-19(16)25(38)35(13-12-34(2)3)15-26(27,28)29)32-23-22-21(9-11-31-24(22)37)36(33-23)20(8-10-30)17-4-5-17/h6-7,9,11,14,17,20H,4-5,8,12-13,15H2,1-3H3,(H,31,37)(H,32,33). The number of alkyl halides is 3. The first-order chi connectivity index (χ1) is 18.0. The highest BCUT2D eigenvalue weighted by Gasteiger charge is 2.35. The number of halogens is 3. The number of hydrogen-bond acceptors (Lipinski definition) is 6. The van der Waals surface area contributed by atoms with Gasteiger partial charge in [-0.25, -0.2) is 0 Å². The molecule has 0 spiro atoms. The normalized spacial score (nSPS) is 14.5. The molecule has 0 aliphatic heterocycles. The molecule has 0 radical (unpaired) electrons. The second kappa shape index (κ2) is 10.9. The van der Waals surface area contributed by atoms with Crippen LogP contribution in [-0.2, 0) is 0 Å². The van der Waals surface area contributed by atoms with Gasteiger partial charge in [-0.1, -0.05) is 0 Å². The van der Waals surface area contributed by atoms with Crippen molar-refractivity contribution >= 4 is 28.3 Å². The third kappa shape index (κ3) is 6.16. The molecule has 1 aliphatic carbocycles. The quantitative estimate of drug-likeness (QED) is 0.407. The SMILES string of the molecule is Cc1cc(Nc2nn(C(CC#N)C3CC3)c3cc[nH]c(=O)c23)ccc1C(=O)N(CCN(C)C)CC(F)(F)F. The Bertz CT molecular complexity index is 1420. The van der Waals surface area contributed by atoms with Crippen LogP contribution in [0.25, 0.3) is 10.9 Å². The lowest BCUT2D eigenvalue weighted by molar-refractivity contribution is -0.141. The summed E-state index contributed by atoms with van der Waals surface area (Å²) in [4.78, 5) is 30.9. The van der Waals surface area contributed by atoms with Crippen molar-refractivity contribution in [1.82, 2.24) is 24.6 Å². The van der Waals surface area contributed by atoms with Crippen LogP contribution in [0.1, 0.15) is 41.2 Å². The lowest BCUT2D eigenvalue weighted by Crippen LogP contribution is -2.42. The van der Waals surface area contributed by atoms with Crippen LogP contribution in [-0.4, -0.2) is 70.4 Å². The number of H-pyrrole nitrogens is 1. The van der Waals surface area contributed by atoms with E-state index >= 15 is 0 Å². The van der Waals surface area contributed by atoms with Gasteiger partial charge in [-0.2, -0.15) is 23.5 Å². The zero-order valence-electron chi connectivity index (χ0n) is 21.5. The van der Waals surface area contributed by atoms with Gasteiger partial charge in [0, 0.05) is 30.5 Å². The van der Waals surface area contributed by atoms with Crippen molar-refractivity contribution in [2.75, 3.05) is 39.0 Å². The van der Waals surface area contributed by atoms with Crippen LogP contribution in [0.15, 0.2) is 35.3 Å². The summed E-state index contributed by atoms with van der Waals surface area (Å²) in [6.07, 6.45) is -0.723. The Hall–Kier alpha value is -3.85. The molecule has 1 amide bonds. The molecule has 1 fully saturated rings. The summed E-state index contributed by atoms with van der Waals surface area (Å²) in [7, 11) is 3.45. The Kier molecular flexibility index (Phi) is 7.78. The largest absolute Gasteiger partial charge is 0.406 e. The fourth-order valence-corrected chi connectivity index (χ4v) is 4.55. The summed E-state index contributed by atoms with van der Waals surface area (Å²) in [5.41, 5.74) is 1.43. The molecule has 0 bridgehead atoms. The monoisotopic (exact) mass is 529 g/mol. The highest BCUT2D eigenvalue weighted by atomic mass is 19.4. The van der Waals surface area contributed by atoms with Gasteiger partial charge in [0.25, 0.3) is 11.5 Å². The van der Waals surface area contributed by atoms with Crippen molar-refractivity contribution in [1.29, 1.82) is 5.26 Å². The maximum Gasteiger partial charge on any atom is 0.406 e. The lowest BCUT2D eigenvalue weighted by Gasteiger charge is -2.26. The Balaban J connectivity index is 1.63. The lowest BCUT2D eigenvalue weighted by atomic mass is 10.1. The van der Waals surface area contributed by atoms with E-state index in [2.05, 4.69) is 21.5 Å². The highest BCUT2D eigenvalue weighted by Crippen LogP contribution is 2.43. The second-order valence-electron chi connectivity index (χ2n) is 9.93. The van der Waals surface area contributed by atoms with Crippen molar-refractivity contribution in [2.24, 2.45) is 5.92 Å². The van der Waals surface area contributed by atoms with Gasteiger partial charge in [0.1, 0.15) is 11.9 Å². The van der Waals surface area contributed by atoms with Gasteiger partial charge < -0.3 is 20.1 Å². The predicted molar refractivity (Wildman–Crippen MR) is 137 cm³/mol. The molecule has 2 aromatic heterocycles. The van der Waals surface area contributed by atoms with Crippen molar-refractivity contribution in [2.45, 2.75) is 38.4 Å². The van der Waals surface area contributed by atoms with E-state index in [-0.39, 0.29) is 30.1 Å². The van der Waals surface area contributed by atoms with Gasteiger partial charge in [0.05, 0.1) is 24.0 Å². The van der Waals surface area contributed by atoms with E-state index < -0.39 is 18.6 Å². The van der Waals surface area contributed by atoms with Gasteiger partial charge in [-0.3, -0.25) is 14.3 Å². The number of aryl methyl sites for hydroxylation is 1. The average Bonchev–Trinajstić information content (AvgIpc) is 3.61. The number of fused-ring (bicyclic) bond motifs is 1. The summed E-state index contributed by atoms with van der Waals surface area (Å²) in [6, 6.07) is 8.50. The van der Waals surface area contributed by atoms with E-state index in [1.807, 2.05) is 0 Å². The molecule has 1 atom stereocenters. The zero-order chi connectivity index (χ0) is 27.6. The number of carbonyl (C=O) groups is 1. The zero-order valence-corrected chi connectivity index (χ0v) is 21.5. The maximum absolute atomic E-state index is 13.2. The third-order valence-electron chi connectivity index (χ3n) is 6.60. The first kappa shape index (κ1) is 27.2. The number of carbonyl (C=O) groups excluding carboxylic acids is 1. The topological polar surface area (TPSA) is 110 Å². The number of aromatic nitrogens is 3. The van der Waals surface area contributed by atoms with E-state index in [0.29, 0.717) is 40.4 Å². The molecule has 1 aromatic carbocycles. The van der Waals surface area contributed by atoms with Gasteiger partial charge in [-0.15, -0.1) is 0 Å². The number of nitrogens with one attached hydrogen (secondary N) is 2. The molecule has 2 heterocycles. The van der Waals surface area contributed by atoms with Crippen LogP contribution in [0.2, 0.25) is 0 Å². The Morgan fingerprint density at radius 1 is 1.29 bits per heavy atom. The van der Waals surface area contributed by atoms with Crippen LogP contribution < -0.4 is 10.9 Å². The smallest absolute Gasteiger partial charge is 0.338 e. The minimum Gasteiger partial charge on any atom is -0.338 e. The molecule has 202 valence electrons. The fourth-order valence-electron chi connectivity index (χ4n) is 4.55. The highest BCUT2D eigenvalue weighted by molar-refractivity contribution is 5.96. The summed E-state index contributed by atoms with van der Waals surface area (Å²) in [6.45, 7) is 0.534. The molecule has 9 nitrogen and oxygen atoms in total. The first-order valence-corrected chi connectivity index (χ1v) is 12.3. The Morgan fingerprint density at radius 3 is 2.63 bits per heavy atom. The summed E-state index contributed by atoms with van der Waals surface area (Å²) < 4.78 is 41.2. The van der Waals surface area contributed by atoms with E-state index in [1.54, 1.807) is 48.8 Å². The number of rotatable bonds is 10. The Morgan fingerprint density at radius 2 is 2.03 bits per heavy atom. The molecular weight excluding hydrogens is 499 g/mol. The van der Waals surface area contributed by atoms with Crippen molar-refractivity contribution in [3.63, 3.8) is 0 Å². The van der Waals surface area contributed by atoms with Gasteiger partial charge in [0.15, 0.2) is 5.82 Å². The molecule has 4 rings (SSSR count). The van der Waals surface area contributed by atoms with Crippen LogP contribution >= 0.6 is 0 Å². The molecule has 0 saturated heterocycles. The van der Waals surface area contributed by atoms with Crippen molar-refractivity contribution < 1.29 is 18.0 Å². The third-order valence-corrected chi connectivity index (χ3v) is 6.60. The molecule has 3 aromatic rings. The number of nitriles is 1. The molecular formula is C26H30F3N7O2. The molecule has 1 saturated carbocycles. The maximum atomic E-state index is 13.2. The van der Waals surface area contributed by atoms with Gasteiger partial charge >= 0.3 is 6.18 Å². The molecule has 1 unspecified atom stereocenters. The summed E-state index contributed by atoms with van der Waals surface area (Å²) in [5.74, 6) is -0.0821. The van der Waals surface area contributed by atoms with E-state index in [9.17, 15) is 28.0 Å². The number of amides is 1. The predicted octanol–water partition coefficient (Wildman–Crippen LogP) is 4.21. The van der Waals surface area contributed by atoms with Gasteiger partial charge in [-0.05, 0) is 69.6 Å². The van der Waals surface area contributed by atoms with Crippen LogP contribution in [0.3, 0.4) is 0 Å². The molecule has 2 N–H and O–H groups in total. The van der Waals surface area contributed by atoms with Crippen LogP contribution in [0.5, 0.6) is 0 Å². The summed E-state index contributed by atoms with van der Waals surface area (Å²) in [5, 5.41) is 17.5. The number of nitrogens with zero attached hydrogens (tertiary/aromatic N) is 5. The van der Waals surface area contributed by atoms with E-state index in [4.69, 9.17) is 0 Å². The number of hydrogen-bond donors (Lipinski definition) is 2. The van der Waals surface area contributed by atoms with Crippen molar-refractivity contribution in [3.8, 4) is 6.07 Å². The first-order valence-electron chi connectivity index (χ1n) is 12.3. The number of aromatic amines is 1. The molecule has 38 heavy (non-hydrogen) atoms. The van der Waals surface area contributed by atoms with Crippen LogP contribution in [0, 0.1) is 24.2 Å². The number of benzene rings is 1. The number of pyridine rings is 1. The van der Waals surface area contributed by atoms with E-state index in [0.717, 1.165) is 17.7 Å².